The molecule has 35 heavy (non-hydrogen) atoms. The van der Waals surface area contributed by atoms with Gasteiger partial charge in [0.25, 0.3) is 0 Å². The van der Waals surface area contributed by atoms with Crippen molar-refractivity contribution in [3.63, 3.8) is 0 Å². The molecule has 0 saturated carbocycles. The average molecular weight is 478 g/mol. The maximum absolute atomic E-state index is 12.0. The fourth-order valence-electron chi connectivity index (χ4n) is 4.64. The molecule has 4 rings (SSSR count). The van der Waals surface area contributed by atoms with Crippen molar-refractivity contribution in [3.05, 3.63) is 59.9 Å². The fraction of sp³-hybridized carbons (Fsp3) is 0.517. The summed E-state index contributed by atoms with van der Waals surface area (Å²) in [6, 6.07) is 16.8. The molecular formula is C29H39N3O3. The monoisotopic (exact) mass is 477 g/mol. The lowest BCUT2D eigenvalue weighted by atomic mass is 9.99. The molecule has 2 atom stereocenters. The van der Waals surface area contributed by atoms with E-state index in [-0.39, 0.29) is 12.0 Å². The summed E-state index contributed by atoms with van der Waals surface area (Å²) >= 11 is 0. The summed E-state index contributed by atoms with van der Waals surface area (Å²) in [6.07, 6.45) is 6.69. The van der Waals surface area contributed by atoms with Crippen molar-refractivity contribution in [2.45, 2.75) is 77.4 Å². The third-order valence-electron chi connectivity index (χ3n) is 6.98. The molecule has 3 aromatic rings. The second-order valence-electron chi connectivity index (χ2n) is 9.50. The van der Waals surface area contributed by atoms with Gasteiger partial charge in [-0.2, -0.15) is 0 Å². The molecule has 1 saturated heterocycles. The third-order valence-corrected chi connectivity index (χ3v) is 6.98. The first-order valence-corrected chi connectivity index (χ1v) is 13.2. The number of carbonyl (C=O) groups excluding carboxylic acids is 1. The van der Waals surface area contributed by atoms with Crippen LogP contribution in [0.2, 0.25) is 0 Å². The van der Waals surface area contributed by atoms with Crippen molar-refractivity contribution in [3.8, 4) is 5.75 Å². The summed E-state index contributed by atoms with van der Waals surface area (Å²) in [5, 5.41) is 3.01. The summed E-state index contributed by atoms with van der Waals surface area (Å²) in [5.41, 5.74) is 3.54. The number of nitrogens with one attached hydrogen (secondary N) is 1. The molecule has 6 heteroatoms. The van der Waals surface area contributed by atoms with Crippen LogP contribution in [0.5, 0.6) is 5.75 Å². The number of ether oxygens (including phenoxy) is 2. The van der Waals surface area contributed by atoms with Gasteiger partial charge in [-0.3, -0.25) is 4.79 Å². The number of carbonyl (C=O) groups is 1. The third kappa shape index (κ3) is 6.85. The minimum absolute atomic E-state index is 0.0406. The van der Waals surface area contributed by atoms with Gasteiger partial charge in [0, 0.05) is 19.6 Å². The molecule has 188 valence electrons. The topological polar surface area (TPSA) is 65.4 Å². The molecule has 0 aliphatic carbocycles. The highest BCUT2D eigenvalue weighted by atomic mass is 16.5. The largest absolute Gasteiger partial charge is 0.492 e. The number of benzene rings is 2. The zero-order valence-electron chi connectivity index (χ0n) is 21.2. The zero-order chi connectivity index (χ0) is 24.5. The Bertz CT molecular complexity index is 1070. The maximum atomic E-state index is 12.0. The predicted octanol–water partition coefficient (Wildman–Crippen LogP) is 5.64. The summed E-state index contributed by atoms with van der Waals surface area (Å²) in [4.78, 5) is 16.9. The summed E-state index contributed by atoms with van der Waals surface area (Å²) in [7, 11) is 0. The van der Waals surface area contributed by atoms with E-state index in [4.69, 9.17) is 14.5 Å². The summed E-state index contributed by atoms with van der Waals surface area (Å²) in [5.74, 6) is 2.62. The molecule has 0 bridgehead atoms. The molecule has 1 aromatic heterocycles. The van der Waals surface area contributed by atoms with Crippen LogP contribution in [0.4, 0.5) is 0 Å². The predicted molar refractivity (Wildman–Crippen MR) is 140 cm³/mol. The molecule has 0 spiro atoms. The molecular weight excluding hydrogens is 438 g/mol. The molecule has 1 fully saturated rings. The first-order valence-electron chi connectivity index (χ1n) is 13.2. The van der Waals surface area contributed by atoms with Crippen LogP contribution in [0.3, 0.4) is 0 Å². The number of imidazole rings is 1. The molecule has 1 aliphatic heterocycles. The first-order chi connectivity index (χ1) is 17.2. The van der Waals surface area contributed by atoms with E-state index in [0.717, 1.165) is 74.1 Å². The zero-order valence-corrected chi connectivity index (χ0v) is 21.2. The van der Waals surface area contributed by atoms with Crippen molar-refractivity contribution < 1.29 is 14.3 Å². The Kier molecular flexibility index (Phi) is 9.18. The fourth-order valence-corrected chi connectivity index (χ4v) is 4.64. The Morgan fingerprint density at radius 3 is 2.77 bits per heavy atom. The highest BCUT2D eigenvalue weighted by Gasteiger charge is 2.22. The number of fused-ring (bicyclic) bond motifs is 1. The Hall–Kier alpha value is -2.86. The number of aromatic nitrogens is 2. The van der Waals surface area contributed by atoms with Gasteiger partial charge in [-0.1, -0.05) is 44.5 Å². The molecule has 1 N–H and O–H groups in total. The number of aryl methyl sites for hydroxylation is 1. The van der Waals surface area contributed by atoms with Gasteiger partial charge in [0.2, 0.25) is 5.91 Å². The first kappa shape index (κ1) is 25.2. The summed E-state index contributed by atoms with van der Waals surface area (Å²) < 4.78 is 13.8. The SMILES string of the molecule is CCC(C)c1ccc(OCCn2c(CCCCCNC(=O)C3CCCO3)nc3ccccc32)cc1. The molecule has 1 aliphatic rings. The highest BCUT2D eigenvalue weighted by Crippen LogP contribution is 2.22. The van der Waals surface area contributed by atoms with Gasteiger partial charge < -0.3 is 19.4 Å². The van der Waals surface area contributed by atoms with E-state index in [1.807, 2.05) is 6.07 Å². The average Bonchev–Trinajstić information content (AvgIpc) is 3.55. The second kappa shape index (κ2) is 12.7. The van der Waals surface area contributed by atoms with Crippen LogP contribution in [0.25, 0.3) is 11.0 Å². The number of nitrogens with zero attached hydrogens (tertiary/aromatic N) is 2. The molecule has 2 heterocycles. The van der Waals surface area contributed by atoms with Crippen LogP contribution in [-0.4, -0.2) is 41.3 Å². The Morgan fingerprint density at radius 1 is 1.17 bits per heavy atom. The van der Waals surface area contributed by atoms with Crippen molar-refractivity contribution >= 4 is 16.9 Å². The number of hydrogen-bond donors (Lipinski definition) is 1. The Balaban J connectivity index is 1.26. The molecule has 2 aromatic carbocycles. The Labute approximate surface area is 209 Å². The lowest BCUT2D eigenvalue weighted by Gasteiger charge is -2.13. The normalized spacial score (nSPS) is 16.5. The van der Waals surface area contributed by atoms with Gasteiger partial charge in [0.05, 0.1) is 17.6 Å². The molecule has 0 radical (unpaired) electrons. The van der Waals surface area contributed by atoms with Crippen molar-refractivity contribution in [1.82, 2.24) is 14.9 Å². The van der Waals surface area contributed by atoms with Gasteiger partial charge in [0.15, 0.2) is 0 Å². The van der Waals surface area contributed by atoms with Crippen molar-refractivity contribution in [2.24, 2.45) is 0 Å². The van der Waals surface area contributed by atoms with E-state index >= 15 is 0 Å². The van der Waals surface area contributed by atoms with E-state index < -0.39 is 0 Å². The smallest absolute Gasteiger partial charge is 0.249 e. The van der Waals surface area contributed by atoms with Crippen molar-refractivity contribution in [2.75, 3.05) is 19.8 Å². The lowest BCUT2D eigenvalue weighted by molar-refractivity contribution is -0.130. The van der Waals surface area contributed by atoms with Crippen LogP contribution in [0.1, 0.15) is 69.7 Å². The van der Waals surface area contributed by atoms with Crippen LogP contribution < -0.4 is 10.1 Å². The van der Waals surface area contributed by atoms with E-state index in [9.17, 15) is 4.79 Å². The minimum atomic E-state index is -0.241. The van der Waals surface area contributed by atoms with Crippen LogP contribution in [0, 0.1) is 0 Å². The van der Waals surface area contributed by atoms with E-state index in [1.54, 1.807) is 0 Å². The van der Waals surface area contributed by atoms with Gasteiger partial charge in [-0.05, 0) is 67.9 Å². The van der Waals surface area contributed by atoms with Crippen molar-refractivity contribution in [1.29, 1.82) is 0 Å². The lowest BCUT2D eigenvalue weighted by Crippen LogP contribution is -2.34. The number of hydrogen-bond acceptors (Lipinski definition) is 4. The number of para-hydroxylation sites is 2. The van der Waals surface area contributed by atoms with Crippen LogP contribution in [-0.2, 0) is 22.5 Å². The molecule has 1 amide bonds. The Morgan fingerprint density at radius 2 is 2.00 bits per heavy atom. The van der Waals surface area contributed by atoms with Gasteiger partial charge in [-0.25, -0.2) is 4.98 Å². The summed E-state index contributed by atoms with van der Waals surface area (Å²) in [6.45, 7) is 7.24. The van der Waals surface area contributed by atoms with E-state index in [2.05, 4.69) is 66.2 Å². The quantitative estimate of drug-likeness (QED) is 0.324. The van der Waals surface area contributed by atoms with E-state index in [1.165, 1.54) is 5.56 Å². The maximum Gasteiger partial charge on any atom is 0.249 e. The minimum Gasteiger partial charge on any atom is -0.492 e. The number of unbranched alkanes of at least 4 members (excludes halogenated alkanes) is 2. The van der Waals surface area contributed by atoms with Gasteiger partial charge in [-0.15, -0.1) is 0 Å². The van der Waals surface area contributed by atoms with Crippen LogP contribution >= 0.6 is 0 Å². The number of rotatable bonds is 13. The van der Waals surface area contributed by atoms with Crippen LogP contribution in [0.15, 0.2) is 48.5 Å². The van der Waals surface area contributed by atoms with E-state index in [0.29, 0.717) is 25.7 Å². The standard InChI is InChI=1S/C29H39N3O3/c1-3-22(2)23-14-16-24(17-15-23)34-21-19-32-26-11-7-6-10-25(26)31-28(32)13-5-4-8-18-30-29(33)27-12-9-20-35-27/h6-7,10-11,14-17,22,27H,3-5,8-9,12-13,18-21H2,1-2H3,(H,30,33). The molecule has 6 nitrogen and oxygen atoms in total. The number of amides is 1. The van der Waals surface area contributed by atoms with Gasteiger partial charge in [0.1, 0.15) is 24.3 Å². The van der Waals surface area contributed by atoms with Gasteiger partial charge >= 0.3 is 0 Å². The highest BCUT2D eigenvalue weighted by molar-refractivity contribution is 5.80. The second-order valence-corrected chi connectivity index (χ2v) is 9.50. The molecule has 2 unspecified atom stereocenters.